The molecule has 0 saturated carbocycles. The van der Waals surface area contributed by atoms with Crippen LogP contribution < -0.4 is 5.32 Å². The molecule has 1 aromatic carbocycles. The normalized spacial score (nSPS) is 12.6. The van der Waals surface area contributed by atoms with Crippen LogP contribution in [-0.4, -0.2) is 37.7 Å². The van der Waals surface area contributed by atoms with Crippen LogP contribution in [0, 0.1) is 5.92 Å². The molecule has 0 fully saturated rings. The number of aliphatic hydroxyl groups is 1. The molecule has 0 saturated heterocycles. The van der Waals surface area contributed by atoms with Gasteiger partial charge >= 0.3 is 0 Å². The van der Waals surface area contributed by atoms with Gasteiger partial charge in [0.2, 0.25) is 0 Å². The van der Waals surface area contributed by atoms with E-state index in [1.54, 1.807) is 18.9 Å². The van der Waals surface area contributed by atoms with Crippen molar-refractivity contribution in [3.8, 4) is 0 Å². The highest BCUT2D eigenvalue weighted by molar-refractivity contribution is 9.10. The topological polar surface area (TPSA) is 41.5 Å². The standard InChI is InChI=1S/C14H22BrNO2S/c1-11(9-17)10-19-14-4-3-13(15)7-12(14)8-16-5-6-18-2/h3-4,7,11,16-17H,5-6,8-10H2,1-2H3. The first kappa shape index (κ1) is 17.0. The van der Waals surface area contributed by atoms with Crippen molar-refractivity contribution in [1.29, 1.82) is 0 Å². The van der Waals surface area contributed by atoms with Gasteiger partial charge in [0.25, 0.3) is 0 Å². The third kappa shape index (κ3) is 6.77. The van der Waals surface area contributed by atoms with Crippen molar-refractivity contribution in [3.63, 3.8) is 0 Å². The van der Waals surface area contributed by atoms with Crippen molar-refractivity contribution in [1.82, 2.24) is 5.32 Å². The average molecular weight is 348 g/mol. The molecular formula is C14H22BrNO2S. The molecule has 0 aliphatic carbocycles. The largest absolute Gasteiger partial charge is 0.396 e. The van der Waals surface area contributed by atoms with Gasteiger partial charge in [0.15, 0.2) is 0 Å². The van der Waals surface area contributed by atoms with E-state index in [1.807, 2.05) is 0 Å². The van der Waals surface area contributed by atoms with Crippen LogP contribution >= 0.6 is 27.7 Å². The van der Waals surface area contributed by atoms with Crippen LogP contribution in [0.25, 0.3) is 0 Å². The Morgan fingerprint density at radius 1 is 1.47 bits per heavy atom. The van der Waals surface area contributed by atoms with Gasteiger partial charge in [-0.15, -0.1) is 11.8 Å². The van der Waals surface area contributed by atoms with E-state index in [0.717, 1.165) is 29.9 Å². The number of aliphatic hydroxyl groups excluding tert-OH is 1. The molecular weight excluding hydrogens is 326 g/mol. The summed E-state index contributed by atoms with van der Waals surface area (Å²) in [5.41, 5.74) is 1.28. The van der Waals surface area contributed by atoms with Crippen LogP contribution in [0.1, 0.15) is 12.5 Å². The Morgan fingerprint density at radius 3 is 2.95 bits per heavy atom. The summed E-state index contributed by atoms with van der Waals surface area (Å²) in [5, 5.41) is 12.4. The number of thioether (sulfide) groups is 1. The summed E-state index contributed by atoms with van der Waals surface area (Å²) in [7, 11) is 1.71. The number of rotatable bonds is 9. The zero-order valence-electron chi connectivity index (χ0n) is 11.5. The van der Waals surface area contributed by atoms with Crippen molar-refractivity contribution in [2.24, 2.45) is 5.92 Å². The number of benzene rings is 1. The molecule has 0 bridgehead atoms. The first-order valence-electron chi connectivity index (χ1n) is 6.39. The van der Waals surface area contributed by atoms with Crippen molar-refractivity contribution < 1.29 is 9.84 Å². The molecule has 19 heavy (non-hydrogen) atoms. The van der Waals surface area contributed by atoms with Crippen molar-refractivity contribution >= 4 is 27.7 Å². The maximum atomic E-state index is 9.08. The number of hydrogen-bond acceptors (Lipinski definition) is 4. The number of halogens is 1. The predicted molar refractivity (Wildman–Crippen MR) is 84.7 cm³/mol. The van der Waals surface area contributed by atoms with Gasteiger partial charge in [0, 0.05) is 41.9 Å². The smallest absolute Gasteiger partial charge is 0.0587 e. The predicted octanol–water partition coefficient (Wildman–Crippen LogP) is 2.91. The van der Waals surface area contributed by atoms with Crippen LogP contribution in [0.5, 0.6) is 0 Å². The molecule has 0 heterocycles. The Kier molecular flexibility index (Phi) is 8.74. The highest BCUT2D eigenvalue weighted by atomic mass is 79.9. The van der Waals surface area contributed by atoms with Gasteiger partial charge in [0.05, 0.1) is 6.61 Å². The van der Waals surface area contributed by atoms with E-state index in [0.29, 0.717) is 5.92 Å². The number of hydrogen-bond donors (Lipinski definition) is 2. The second kappa shape index (κ2) is 9.77. The van der Waals surface area contributed by atoms with Gasteiger partial charge in [-0.2, -0.15) is 0 Å². The maximum absolute atomic E-state index is 9.08. The molecule has 1 atom stereocenters. The molecule has 1 aromatic rings. The summed E-state index contributed by atoms with van der Waals surface area (Å²) in [6, 6.07) is 6.34. The monoisotopic (exact) mass is 347 g/mol. The minimum Gasteiger partial charge on any atom is -0.396 e. The fourth-order valence-electron chi connectivity index (χ4n) is 1.51. The summed E-state index contributed by atoms with van der Waals surface area (Å²) in [5.74, 6) is 1.26. The first-order chi connectivity index (χ1) is 9.17. The van der Waals surface area contributed by atoms with Crippen LogP contribution in [0.3, 0.4) is 0 Å². The minimum atomic E-state index is 0.241. The lowest BCUT2D eigenvalue weighted by molar-refractivity contribution is 0.199. The van der Waals surface area contributed by atoms with E-state index in [1.165, 1.54) is 10.5 Å². The summed E-state index contributed by atoms with van der Waals surface area (Å²) in [6.45, 7) is 4.70. The zero-order chi connectivity index (χ0) is 14.1. The van der Waals surface area contributed by atoms with Crippen LogP contribution in [-0.2, 0) is 11.3 Å². The third-order valence-corrected chi connectivity index (χ3v) is 4.59. The quantitative estimate of drug-likeness (QED) is 0.532. The second-order valence-electron chi connectivity index (χ2n) is 4.52. The van der Waals surface area contributed by atoms with Gasteiger partial charge in [-0.1, -0.05) is 22.9 Å². The molecule has 0 amide bonds. The highest BCUT2D eigenvalue weighted by Gasteiger charge is 2.07. The molecule has 108 valence electrons. The van der Waals surface area contributed by atoms with E-state index in [2.05, 4.69) is 46.4 Å². The summed E-state index contributed by atoms with van der Waals surface area (Å²) in [6.07, 6.45) is 0. The van der Waals surface area contributed by atoms with Crippen molar-refractivity contribution in [2.45, 2.75) is 18.4 Å². The van der Waals surface area contributed by atoms with Gasteiger partial charge in [-0.25, -0.2) is 0 Å². The molecule has 5 heteroatoms. The number of ether oxygens (including phenoxy) is 1. The molecule has 0 radical (unpaired) electrons. The van der Waals surface area contributed by atoms with Crippen LogP contribution in [0.15, 0.2) is 27.6 Å². The van der Waals surface area contributed by atoms with E-state index in [4.69, 9.17) is 9.84 Å². The minimum absolute atomic E-state index is 0.241. The Balaban J connectivity index is 2.58. The fourth-order valence-corrected chi connectivity index (χ4v) is 2.97. The Bertz CT molecular complexity index is 376. The molecule has 1 unspecified atom stereocenters. The van der Waals surface area contributed by atoms with Crippen LogP contribution in [0.4, 0.5) is 0 Å². The molecule has 0 aliphatic rings. The lowest BCUT2D eigenvalue weighted by Crippen LogP contribution is -2.19. The first-order valence-corrected chi connectivity index (χ1v) is 8.17. The van der Waals surface area contributed by atoms with E-state index >= 15 is 0 Å². The second-order valence-corrected chi connectivity index (χ2v) is 6.50. The third-order valence-electron chi connectivity index (χ3n) is 2.66. The zero-order valence-corrected chi connectivity index (χ0v) is 13.9. The Morgan fingerprint density at radius 2 is 2.26 bits per heavy atom. The molecule has 0 spiro atoms. The van der Waals surface area contributed by atoms with Gasteiger partial charge in [-0.3, -0.25) is 0 Å². The van der Waals surface area contributed by atoms with Gasteiger partial charge < -0.3 is 15.2 Å². The maximum Gasteiger partial charge on any atom is 0.0587 e. The molecule has 0 aliphatic heterocycles. The SMILES string of the molecule is COCCNCc1cc(Br)ccc1SCC(C)CO. The molecule has 2 N–H and O–H groups in total. The Hall–Kier alpha value is -0.0700. The van der Waals surface area contributed by atoms with E-state index in [-0.39, 0.29) is 6.61 Å². The molecule has 1 rings (SSSR count). The van der Waals surface area contributed by atoms with Gasteiger partial charge in [-0.05, 0) is 29.7 Å². The van der Waals surface area contributed by atoms with Gasteiger partial charge in [0.1, 0.15) is 0 Å². The fraction of sp³-hybridized carbons (Fsp3) is 0.571. The molecule has 3 nitrogen and oxygen atoms in total. The Labute approximate surface area is 128 Å². The lowest BCUT2D eigenvalue weighted by atomic mass is 10.2. The summed E-state index contributed by atoms with van der Waals surface area (Å²) in [4.78, 5) is 1.27. The highest BCUT2D eigenvalue weighted by Crippen LogP contribution is 2.27. The summed E-state index contributed by atoms with van der Waals surface area (Å²) >= 11 is 5.31. The van der Waals surface area contributed by atoms with Crippen LogP contribution in [0.2, 0.25) is 0 Å². The average Bonchev–Trinajstić information content (AvgIpc) is 2.42. The van der Waals surface area contributed by atoms with E-state index in [9.17, 15) is 0 Å². The van der Waals surface area contributed by atoms with Crippen molar-refractivity contribution in [3.05, 3.63) is 28.2 Å². The number of nitrogens with one attached hydrogen (secondary N) is 1. The van der Waals surface area contributed by atoms with E-state index < -0.39 is 0 Å². The van der Waals surface area contributed by atoms with Crippen molar-refractivity contribution in [2.75, 3.05) is 32.6 Å². The lowest BCUT2D eigenvalue weighted by Gasteiger charge is -2.13. The summed E-state index contributed by atoms with van der Waals surface area (Å²) < 4.78 is 6.12. The molecule has 0 aromatic heterocycles. The number of methoxy groups -OCH3 is 1.